The minimum atomic E-state index is -0.0127. The zero-order valence-electron chi connectivity index (χ0n) is 10.6. The number of hydrogen-bond acceptors (Lipinski definition) is 3. The van der Waals surface area contributed by atoms with Crippen molar-refractivity contribution in [2.24, 2.45) is 0 Å². The Morgan fingerprint density at radius 1 is 1.28 bits per heavy atom. The molecule has 0 unspecified atom stereocenters. The first-order valence-electron chi connectivity index (χ1n) is 5.87. The molecule has 1 amide bonds. The van der Waals surface area contributed by atoms with Gasteiger partial charge >= 0.3 is 0 Å². The number of aryl methyl sites for hydroxylation is 2. The third-order valence-electron chi connectivity index (χ3n) is 2.79. The number of rotatable bonds is 4. The molecular formula is C14H16N2O2. The van der Waals surface area contributed by atoms with E-state index in [2.05, 4.69) is 10.5 Å². The number of hydrogen-bond donors (Lipinski definition) is 1. The molecule has 4 nitrogen and oxygen atoms in total. The number of amides is 1. The maximum Gasteiger partial charge on any atom is 0.224 e. The zero-order chi connectivity index (χ0) is 13.0. The van der Waals surface area contributed by atoms with E-state index in [1.54, 1.807) is 6.26 Å². The van der Waals surface area contributed by atoms with Crippen molar-refractivity contribution < 1.29 is 9.32 Å². The van der Waals surface area contributed by atoms with Crippen LogP contribution in [0.2, 0.25) is 0 Å². The molecule has 0 saturated heterocycles. The third-order valence-corrected chi connectivity index (χ3v) is 2.79. The summed E-state index contributed by atoms with van der Waals surface area (Å²) in [6.07, 6.45) is 1.96. The summed E-state index contributed by atoms with van der Waals surface area (Å²) in [7, 11) is 0. The van der Waals surface area contributed by atoms with E-state index in [-0.39, 0.29) is 5.91 Å². The van der Waals surface area contributed by atoms with E-state index in [0.29, 0.717) is 13.0 Å². The van der Waals surface area contributed by atoms with E-state index in [9.17, 15) is 4.79 Å². The van der Waals surface area contributed by atoms with Gasteiger partial charge in [-0.05, 0) is 19.4 Å². The van der Waals surface area contributed by atoms with E-state index in [0.717, 1.165) is 16.8 Å². The van der Waals surface area contributed by atoms with Crippen LogP contribution in [0.25, 0.3) is 0 Å². The zero-order valence-corrected chi connectivity index (χ0v) is 10.6. The molecule has 0 radical (unpaired) electrons. The molecule has 0 aliphatic carbocycles. The molecule has 4 heteroatoms. The molecular weight excluding hydrogens is 228 g/mol. The monoisotopic (exact) mass is 244 g/mol. The Morgan fingerprint density at radius 3 is 2.61 bits per heavy atom. The fourth-order valence-electron chi connectivity index (χ4n) is 1.62. The second-order valence-electron chi connectivity index (χ2n) is 4.38. The van der Waals surface area contributed by atoms with E-state index in [4.69, 9.17) is 4.52 Å². The van der Waals surface area contributed by atoms with Crippen molar-refractivity contribution in [2.45, 2.75) is 26.8 Å². The molecule has 0 aliphatic rings. The van der Waals surface area contributed by atoms with E-state index in [1.165, 1.54) is 5.56 Å². The Labute approximate surface area is 106 Å². The van der Waals surface area contributed by atoms with Gasteiger partial charge in [0.1, 0.15) is 12.0 Å². The normalized spacial score (nSPS) is 10.3. The number of aromatic nitrogens is 1. The van der Waals surface area contributed by atoms with Crippen LogP contribution in [0.1, 0.15) is 22.4 Å². The van der Waals surface area contributed by atoms with Crippen molar-refractivity contribution >= 4 is 5.91 Å². The van der Waals surface area contributed by atoms with Crippen molar-refractivity contribution in [1.29, 1.82) is 0 Å². The fraction of sp³-hybridized carbons (Fsp3) is 0.286. The summed E-state index contributed by atoms with van der Waals surface area (Å²) < 4.78 is 4.81. The highest BCUT2D eigenvalue weighted by atomic mass is 16.5. The Bertz CT molecular complexity index is 529. The van der Waals surface area contributed by atoms with Crippen LogP contribution in [0.3, 0.4) is 0 Å². The highest BCUT2D eigenvalue weighted by molar-refractivity contribution is 5.78. The predicted molar refractivity (Wildman–Crippen MR) is 68.0 cm³/mol. The highest BCUT2D eigenvalue weighted by Gasteiger charge is 2.06. The largest absolute Gasteiger partial charge is 0.364 e. The molecule has 0 spiro atoms. The Balaban J connectivity index is 1.86. The topological polar surface area (TPSA) is 55.1 Å². The number of carbonyl (C=O) groups excluding carboxylic acids is 1. The SMILES string of the molecule is Cc1ccc(CC(=O)NCc2nocc2C)cc1. The van der Waals surface area contributed by atoms with Gasteiger partial charge in [-0.25, -0.2) is 0 Å². The van der Waals surface area contributed by atoms with Crippen LogP contribution in [0.15, 0.2) is 35.1 Å². The van der Waals surface area contributed by atoms with Crippen LogP contribution in [-0.2, 0) is 17.8 Å². The molecule has 18 heavy (non-hydrogen) atoms. The van der Waals surface area contributed by atoms with Crippen molar-refractivity contribution in [3.05, 3.63) is 52.9 Å². The van der Waals surface area contributed by atoms with Crippen molar-refractivity contribution in [3.63, 3.8) is 0 Å². The van der Waals surface area contributed by atoms with Crippen LogP contribution in [0.5, 0.6) is 0 Å². The summed E-state index contributed by atoms with van der Waals surface area (Å²) in [6, 6.07) is 7.95. The van der Waals surface area contributed by atoms with Crippen LogP contribution in [-0.4, -0.2) is 11.1 Å². The van der Waals surface area contributed by atoms with Crippen molar-refractivity contribution in [1.82, 2.24) is 10.5 Å². The Morgan fingerprint density at radius 2 is 2.00 bits per heavy atom. The van der Waals surface area contributed by atoms with Gasteiger partial charge in [-0.1, -0.05) is 35.0 Å². The van der Waals surface area contributed by atoms with E-state index in [1.807, 2.05) is 38.1 Å². The van der Waals surface area contributed by atoms with E-state index < -0.39 is 0 Å². The minimum Gasteiger partial charge on any atom is -0.364 e. The maximum atomic E-state index is 11.7. The molecule has 1 aromatic carbocycles. The predicted octanol–water partition coefficient (Wildman–Crippen LogP) is 2.15. The summed E-state index contributed by atoms with van der Waals surface area (Å²) >= 11 is 0. The van der Waals surface area contributed by atoms with Crippen LogP contribution in [0, 0.1) is 13.8 Å². The lowest BCUT2D eigenvalue weighted by Gasteiger charge is -2.04. The molecule has 2 rings (SSSR count). The smallest absolute Gasteiger partial charge is 0.224 e. The average Bonchev–Trinajstić information content (AvgIpc) is 2.75. The quantitative estimate of drug-likeness (QED) is 0.896. The van der Waals surface area contributed by atoms with Gasteiger partial charge < -0.3 is 9.84 Å². The lowest BCUT2D eigenvalue weighted by molar-refractivity contribution is -0.120. The van der Waals surface area contributed by atoms with Gasteiger partial charge in [0.05, 0.1) is 13.0 Å². The second-order valence-corrected chi connectivity index (χ2v) is 4.38. The average molecular weight is 244 g/mol. The summed E-state index contributed by atoms with van der Waals surface area (Å²) in [4.78, 5) is 11.7. The van der Waals surface area contributed by atoms with Crippen molar-refractivity contribution in [2.75, 3.05) is 0 Å². The first kappa shape index (κ1) is 12.4. The standard InChI is InChI=1S/C14H16N2O2/c1-10-3-5-12(6-4-10)7-14(17)15-8-13-11(2)9-18-16-13/h3-6,9H,7-8H2,1-2H3,(H,15,17). The van der Waals surface area contributed by atoms with Crippen LogP contribution < -0.4 is 5.32 Å². The molecule has 1 aromatic heterocycles. The fourth-order valence-corrected chi connectivity index (χ4v) is 1.62. The summed E-state index contributed by atoms with van der Waals surface area (Å²) in [5.74, 6) is -0.0127. The van der Waals surface area contributed by atoms with Gasteiger partial charge in [-0.15, -0.1) is 0 Å². The molecule has 94 valence electrons. The van der Waals surface area contributed by atoms with Crippen LogP contribution in [0.4, 0.5) is 0 Å². The number of nitrogens with zero attached hydrogens (tertiary/aromatic N) is 1. The van der Waals surface area contributed by atoms with E-state index >= 15 is 0 Å². The molecule has 0 aliphatic heterocycles. The Kier molecular flexibility index (Phi) is 3.77. The first-order chi connectivity index (χ1) is 8.65. The minimum absolute atomic E-state index is 0.0127. The second kappa shape index (κ2) is 5.49. The molecule has 0 bridgehead atoms. The molecule has 1 N–H and O–H groups in total. The number of carbonyl (C=O) groups is 1. The van der Waals surface area contributed by atoms with Gasteiger partial charge in [-0.2, -0.15) is 0 Å². The molecule has 2 aromatic rings. The molecule has 1 heterocycles. The number of nitrogens with one attached hydrogen (secondary N) is 1. The number of benzene rings is 1. The van der Waals surface area contributed by atoms with Crippen LogP contribution >= 0.6 is 0 Å². The van der Waals surface area contributed by atoms with Crippen molar-refractivity contribution in [3.8, 4) is 0 Å². The lowest BCUT2D eigenvalue weighted by atomic mass is 10.1. The van der Waals surface area contributed by atoms with Gasteiger partial charge in [-0.3, -0.25) is 4.79 Å². The third kappa shape index (κ3) is 3.20. The molecule has 0 saturated carbocycles. The van der Waals surface area contributed by atoms with Gasteiger partial charge in [0.25, 0.3) is 0 Å². The Hall–Kier alpha value is -2.10. The first-order valence-corrected chi connectivity index (χ1v) is 5.87. The maximum absolute atomic E-state index is 11.7. The summed E-state index contributed by atoms with van der Waals surface area (Å²) in [5, 5.41) is 6.64. The summed E-state index contributed by atoms with van der Waals surface area (Å²) in [6.45, 7) is 4.34. The van der Waals surface area contributed by atoms with Gasteiger partial charge in [0, 0.05) is 5.56 Å². The van der Waals surface area contributed by atoms with Gasteiger partial charge in [0.2, 0.25) is 5.91 Å². The molecule has 0 atom stereocenters. The lowest BCUT2D eigenvalue weighted by Crippen LogP contribution is -2.25. The summed E-state index contributed by atoms with van der Waals surface area (Å²) in [5.41, 5.74) is 3.92. The highest BCUT2D eigenvalue weighted by Crippen LogP contribution is 2.05. The van der Waals surface area contributed by atoms with Gasteiger partial charge in [0.15, 0.2) is 0 Å². The molecule has 0 fully saturated rings.